The predicted octanol–water partition coefficient (Wildman–Crippen LogP) is 2.84. The Morgan fingerprint density at radius 3 is 2.67 bits per heavy atom. The van der Waals surface area contributed by atoms with Crippen molar-refractivity contribution in [3.63, 3.8) is 0 Å². The van der Waals surface area contributed by atoms with Crippen LogP contribution in [0.3, 0.4) is 0 Å². The number of nitrogens with zero attached hydrogens (tertiary/aromatic N) is 3. The van der Waals surface area contributed by atoms with Gasteiger partial charge in [0.2, 0.25) is 11.8 Å². The third-order valence-corrected chi connectivity index (χ3v) is 7.88. The van der Waals surface area contributed by atoms with Gasteiger partial charge in [0.05, 0.1) is 5.41 Å². The minimum atomic E-state index is -0.420. The van der Waals surface area contributed by atoms with E-state index in [1.165, 1.54) is 25.7 Å². The third kappa shape index (κ3) is 3.81. The Bertz CT molecular complexity index is 775. The monoisotopic (exact) mass is 410 g/mol. The van der Waals surface area contributed by atoms with Crippen LogP contribution in [0, 0.1) is 23.2 Å². The summed E-state index contributed by atoms with van der Waals surface area (Å²) in [6, 6.07) is 5.96. The quantitative estimate of drug-likeness (QED) is 0.811. The number of carbonyl (C=O) groups excluding carboxylic acids is 2. The van der Waals surface area contributed by atoms with Gasteiger partial charge in [-0.15, -0.1) is 0 Å². The van der Waals surface area contributed by atoms with Gasteiger partial charge in [0.25, 0.3) is 0 Å². The summed E-state index contributed by atoms with van der Waals surface area (Å²) in [4.78, 5) is 35.6. The van der Waals surface area contributed by atoms with Gasteiger partial charge in [-0.25, -0.2) is 4.98 Å². The second-order valence-corrected chi connectivity index (χ2v) is 9.94. The summed E-state index contributed by atoms with van der Waals surface area (Å²) >= 11 is 0. The molecule has 1 aromatic heterocycles. The summed E-state index contributed by atoms with van der Waals surface area (Å²) in [5.41, 5.74) is -0.420. The maximum atomic E-state index is 13.5. The first-order valence-corrected chi connectivity index (χ1v) is 11.9. The molecule has 4 fully saturated rings. The smallest absolute Gasteiger partial charge is 0.228 e. The van der Waals surface area contributed by atoms with Crippen molar-refractivity contribution in [3.8, 4) is 0 Å². The lowest BCUT2D eigenvalue weighted by molar-refractivity contribution is -0.137. The standard InChI is InChI=1S/C24H34N4O2/c29-22(19-6-1-2-7-19)27-13-5-11-24(23(30)26-14-18-9-10-18)17-28(16-20(24)15-27)21-8-3-4-12-25-21/h3-4,8,12,18-20H,1-2,5-7,9-11,13-17H2,(H,26,30)/t20-,24-/m0/s1. The molecule has 1 N–H and O–H groups in total. The van der Waals surface area contributed by atoms with E-state index in [1.54, 1.807) is 0 Å². The maximum absolute atomic E-state index is 13.5. The molecule has 5 rings (SSSR count). The molecule has 0 aromatic carbocycles. The van der Waals surface area contributed by atoms with Crippen LogP contribution in [0.4, 0.5) is 5.82 Å². The molecule has 162 valence electrons. The molecule has 2 aliphatic carbocycles. The molecule has 0 unspecified atom stereocenters. The van der Waals surface area contributed by atoms with E-state index in [2.05, 4.69) is 20.1 Å². The summed E-state index contributed by atoms with van der Waals surface area (Å²) in [6.45, 7) is 3.81. The van der Waals surface area contributed by atoms with E-state index < -0.39 is 5.41 Å². The van der Waals surface area contributed by atoms with Crippen LogP contribution in [0.25, 0.3) is 0 Å². The van der Waals surface area contributed by atoms with Crippen molar-refractivity contribution in [2.24, 2.45) is 23.2 Å². The molecule has 0 radical (unpaired) electrons. The molecule has 2 amide bonds. The molecule has 3 heterocycles. The lowest BCUT2D eigenvalue weighted by atomic mass is 9.74. The van der Waals surface area contributed by atoms with E-state index in [0.29, 0.717) is 24.9 Å². The Labute approximate surface area is 179 Å². The van der Waals surface area contributed by atoms with Gasteiger partial charge in [-0.05, 0) is 56.6 Å². The second kappa shape index (κ2) is 8.20. The Morgan fingerprint density at radius 1 is 1.10 bits per heavy atom. The van der Waals surface area contributed by atoms with Crippen LogP contribution in [-0.2, 0) is 9.59 Å². The number of anilines is 1. The SMILES string of the molecule is O=C(C1CCCC1)N1CCC[C@]2(C(=O)NCC3CC3)CN(c3ccccn3)C[C@@H]2C1. The van der Waals surface area contributed by atoms with Crippen molar-refractivity contribution in [2.75, 3.05) is 37.6 Å². The van der Waals surface area contributed by atoms with Gasteiger partial charge in [-0.3, -0.25) is 9.59 Å². The summed E-state index contributed by atoms with van der Waals surface area (Å²) < 4.78 is 0. The van der Waals surface area contributed by atoms with E-state index in [9.17, 15) is 9.59 Å². The Balaban J connectivity index is 1.38. The first-order chi connectivity index (χ1) is 14.7. The number of pyridine rings is 1. The van der Waals surface area contributed by atoms with Gasteiger partial charge >= 0.3 is 0 Å². The molecule has 0 bridgehead atoms. The van der Waals surface area contributed by atoms with Crippen molar-refractivity contribution in [3.05, 3.63) is 24.4 Å². The van der Waals surface area contributed by atoms with Crippen molar-refractivity contribution in [2.45, 2.75) is 51.4 Å². The third-order valence-electron chi connectivity index (χ3n) is 7.88. The topological polar surface area (TPSA) is 65.5 Å². The van der Waals surface area contributed by atoms with Gasteiger partial charge in [-0.1, -0.05) is 18.9 Å². The lowest BCUT2D eigenvalue weighted by Gasteiger charge is -2.33. The van der Waals surface area contributed by atoms with E-state index >= 15 is 0 Å². The molecule has 30 heavy (non-hydrogen) atoms. The number of carbonyl (C=O) groups is 2. The highest BCUT2D eigenvalue weighted by Crippen LogP contribution is 2.45. The highest BCUT2D eigenvalue weighted by molar-refractivity contribution is 5.85. The maximum Gasteiger partial charge on any atom is 0.228 e. The largest absolute Gasteiger partial charge is 0.355 e. The molecular formula is C24H34N4O2. The Kier molecular flexibility index (Phi) is 5.42. The number of aromatic nitrogens is 1. The first-order valence-electron chi connectivity index (χ1n) is 11.9. The average Bonchev–Trinajstić information content (AvgIpc) is 3.36. The van der Waals surface area contributed by atoms with Crippen molar-refractivity contribution in [1.29, 1.82) is 0 Å². The first kappa shape index (κ1) is 19.8. The van der Waals surface area contributed by atoms with Gasteiger partial charge in [0.15, 0.2) is 0 Å². The van der Waals surface area contributed by atoms with E-state index in [1.807, 2.05) is 24.4 Å². The minimum Gasteiger partial charge on any atom is -0.355 e. The van der Waals surface area contributed by atoms with Gasteiger partial charge in [0.1, 0.15) is 5.82 Å². The number of hydrogen-bond acceptors (Lipinski definition) is 4. The highest BCUT2D eigenvalue weighted by atomic mass is 16.2. The summed E-state index contributed by atoms with van der Waals surface area (Å²) in [6.07, 6.45) is 10.5. The second-order valence-electron chi connectivity index (χ2n) is 9.94. The molecule has 2 atom stereocenters. The fourth-order valence-electron chi connectivity index (χ4n) is 5.89. The van der Waals surface area contributed by atoms with Crippen LogP contribution in [0.2, 0.25) is 0 Å². The van der Waals surface area contributed by atoms with Gasteiger partial charge in [0, 0.05) is 50.8 Å². The zero-order valence-corrected chi connectivity index (χ0v) is 17.9. The fraction of sp³-hybridized carbons (Fsp3) is 0.708. The number of amides is 2. The number of fused-ring (bicyclic) bond motifs is 1. The van der Waals surface area contributed by atoms with Crippen LogP contribution in [0.5, 0.6) is 0 Å². The summed E-state index contributed by atoms with van der Waals surface area (Å²) in [7, 11) is 0. The normalized spacial score (nSPS) is 29.5. The molecule has 2 aliphatic heterocycles. The Hall–Kier alpha value is -2.11. The van der Waals surface area contributed by atoms with Gasteiger partial charge < -0.3 is 15.1 Å². The van der Waals surface area contributed by atoms with Crippen LogP contribution in [0.1, 0.15) is 51.4 Å². The number of nitrogens with one attached hydrogen (secondary N) is 1. The molecule has 2 saturated carbocycles. The summed E-state index contributed by atoms with van der Waals surface area (Å²) in [5, 5.41) is 3.29. The molecular weight excluding hydrogens is 376 g/mol. The van der Waals surface area contributed by atoms with Crippen LogP contribution >= 0.6 is 0 Å². The predicted molar refractivity (Wildman–Crippen MR) is 116 cm³/mol. The highest BCUT2D eigenvalue weighted by Gasteiger charge is 2.54. The zero-order chi connectivity index (χ0) is 20.6. The molecule has 6 nitrogen and oxygen atoms in total. The van der Waals surface area contributed by atoms with Gasteiger partial charge in [-0.2, -0.15) is 0 Å². The summed E-state index contributed by atoms with van der Waals surface area (Å²) in [5.74, 6) is 2.50. The molecule has 6 heteroatoms. The molecule has 1 aromatic rings. The van der Waals surface area contributed by atoms with E-state index in [-0.39, 0.29) is 17.7 Å². The molecule has 4 aliphatic rings. The molecule has 2 saturated heterocycles. The van der Waals surface area contributed by atoms with E-state index in [4.69, 9.17) is 0 Å². The van der Waals surface area contributed by atoms with Crippen LogP contribution in [-0.4, -0.2) is 54.4 Å². The number of hydrogen-bond donors (Lipinski definition) is 1. The average molecular weight is 411 g/mol. The number of rotatable bonds is 5. The zero-order valence-electron chi connectivity index (χ0n) is 17.9. The van der Waals surface area contributed by atoms with E-state index in [0.717, 1.165) is 51.1 Å². The fourth-order valence-corrected chi connectivity index (χ4v) is 5.89. The van der Waals surface area contributed by atoms with Crippen LogP contribution < -0.4 is 10.2 Å². The van der Waals surface area contributed by atoms with Crippen molar-refractivity contribution < 1.29 is 9.59 Å². The van der Waals surface area contributed by atoms with Crippen molar-refractivity contribution in [1.82, 2.24) is 15.2 Å². The minimum absolute atomic E-state index is 0.159. The number of likely N-dealkylation sites (tertiary alicyclic amines) is 1. The Morgan fingerprint density at radius 2 is 1.93 bits per heavy atom. The lowest BCUT2D eigenvalue weighted by Crippen LogP contribution is -2.49. The van der Waals surface area contributed by atoms with Crippen LogP contribution in [0.15, 0.2) is 24.4 Å². The molecule has 0 spiro atoms. The van der Waals surface area contributed by atoms with Crippen molar-refractivity contribution >= 4 is 17.6 Å².